The van der Waals surface area contributed by atoms with Gasteiger partial charge in [0.1, 0.15) is 0 Å². The predicted molar refractivity (Wildman–Crippen MR) is 81.0 cm³/mol. The highest BCUT2D eigenvalue weighted by atomic mass is 35.5. The summed E-state index contributed by atoms with van der Waals surface area (Å²) in [5.41, 5.74) is 0.747. The first-order valence-electron chi connectivity index (χ1n) is 7.07. The first kappa shape index (κ1) is 15.3. The maximum atomic E-state index is 12.4. The van der Waals surface area contributed by atoms with Crippen LogP contribution in [0.2, 0.25) is 5.02 Å². The van der Waals surface area contributed by atoms with Crippen LogP contribution in [0.25, 0.3) is 0 Å². The van der Waals surface area contributed by atoms with Crippen LogP contribution in [-0.2, 0) is 16.0 Å². The number of benzene rings is 1. The van der Waals surface area contributed by atoms with Crippen molar-refractivity contribution in [3.63, 3.8) is 0 Å². The van der Waals surface area contributed by atoms with Crippen LogP contribution in [-0.4, -0.2) is 38.1 Å². The fourth-order valence-electron chi connectivity index (χ4n) is 2.99. The lowest BCUT2D eigenvalue weighted by Gasteiger charge is -2.30. The van der Waals surface area contributed by atoms with Gasteiger partial charge in [0.2, 0.25) is 0 Å². The molecule has 0 N–H and O–H groups in total. The van der Waals surface area contributed by atoms with Crippen molar-refractivity contribution in [2.45, 2.75) is 25.7 Å². The van der Waals surface area contributed by atoms with E-state index >= 15 is 0 Å². The third kappa shape index (κ3) is 3.53. The van der Waals surface area contributed by atoms with Crippen LogP contribution in [0.5, 0.6) is 0 Å². The number of hydrogen-bond acceptors (Lipinski definition) is 3. The highest BCUT2D eigenvalue weighted by Gasteiger charge is 2.40. The minimum atomic E-state index is -0.395. The zero-order valence-corrected chi connectivity index (χ0v) is 12.9. The zero-order chi connectivity index (χ0) is 14.6. The van der Waals surface area contributed by atoms with E-state index in [1.807, 2.05) is 24.3 Å². The lowest BCUT2D eigenvalue weighted by molar-refractivity contribution is -0.153. The standard InChI is InChI=1S/C16H22ClNO2/c1-18-10-3-8-16(9-11-18,15(19)20-2)12-13-4-6-14(17)7-5-13/h4-7H,3,8-12H2,1-2H3. The van der Waals surface area contributed by atoms with Crippen LogP contribution in [0.4, 0.5) is 0 Å². The Bertz CT molecular complexity index is 460. The van der Waals surface area contributed by atoms with Crippen molar-refractivity contribution in [3.05, 3.63) is 34.9 Å². The van der Waals surface area contributed by atoms with Gasteiger partial charge in [-0.25, -0.2) is 0 Å². The van der Waals surface area contributed by atoms with E-state index in [0.29, 0.717) is 0 Å². The molecule has 1 unspecified atom stereocenters. The molecule has 1 fully saturated rings. The van der Waals surface area contributed by atoms with Crippen LogP contribution in [0.1, 0.15) is 24.8 Å². The van der Waals surface area contributed by atoms with E-state index in [-0.39, 0.29) is 5.97 Å². The van der Waals surface area contributed by atoms with Gasteiger partial charge in [0.15, 0.2) is 0 Å². The third-order valence-electron chi connectivity index (χ3n) is 4.24. The molecule has 1 aliphatic rings. The number of rotatable bonds is 3. The minimum Gasteiger partial charge on any atom is -0.469 e. The number of likely N-dealkylation sites (tertiary alicyclic amines) is 1. The molecule has 2 rings (SSSR count). The van der Waals surface area contributed by atoms with Crippen LogP contribution in [0.15, 0.2) is 24.3 Å². The number of esters is 1. The second-order valence-corrected chi connectivity index (χ2v) is 6.17. The van der Waals surface area contributed by atoms with Crippen molar-refractivity contribution in [2.24, 2.45) is 5.41 Å². The molecule has 0 amide bonds. The van der Waals surface area contributed by atoms with Gasteiger partial charge in [-0.15, -0.1) is 0 Å². The summed E-state index contributed by atoms with van der Waals surface area (Å²) in [5.74, 6) is -0.0808. The number of hydrogen-bond donors (Lipinski definition) is 0. The molecule has 0 aromatic heterocycles. The Morgan fingerprint density at radius 1 is 1.30 bits per heavy atom. The molecule has 1 aromatic rings. The Balaban J connectivity index is 2.22. The Morgan fingerprint density at radius 2 is 2.00 bits per heavy atom. The maximum Gasteiger partial charge on any atom is 0.312 e. The second-order valence-electron chi connectivity index (χ2n) is 5.73. The first-order chi connectivity index (χ1) is 9.55. The zero-order valence-electron chi connectivity index (χ0n) is 12.2. The molecule has 1 atom stereocenters. The molecule has 0 saturated carbocycles. The van der Waals surface area contributed by atoms with E-state index in [1.54, 1.807) is 0 Å². The quantitative estimate of drug-likeness (QED) is 0.802. The van der Waals surface area contributed by atoms with Crippen LogP contribution in [0.3, 0.4) is 0 Å². The van der Waals surface area contributed by atoms with Crippen LogP contribution in [0, 0.1) is 5.41 Å². The van der Waals surface area contributed by atoms with Crippen LogP contribution >= 0.6 is 11.6 Å². The fourth-order valence-corrected chi connectivity index (χ4v) is 3.12. The molecule has 3 nitrogen and oxygen atoms in total. The molecule has 110 valence electrons. The predicted octanol–water partition coefficient (Wildman–Crippen LogP) is 3.16. The van der Waals surface area contributed by atoms with Gasteiger partial charge in [0, 0.05) is 5.02 Å². The second kappa shape index (κ2) is 6.59. The van der Waals surface area contributed by atoms with Crippen molar-refractivity contribution in [2.75, 3.05) is 27.2 Å². The molecule has 0 bridgehead atoms. The number of carbonyl (C=O) groups is 1. The van der Waals surface area contributed by atoms with Crippen molar-refractivity contribution in [1.29, 1.82) is 0 Å². The summed E-state index contributed by atoms with van der Waals surface area (Å²) in [6.07, 6.45) is 3.48. The van der Waals surface area contributed by atoms with Gasteiger partial charge < -0.3 is 9.64 Å². The van der Waals surface area contributed by atoms with E-state index < -0.39 is 5.41 Å². The molecular weight excluding hydrogens is 274 g/mol. The summed E-state index contributed by atoms with van der Waals surface area (Å²) in [5, 5.41) is 0.724. The maximum absolute atomic E-state index is 12.4. The van der Waals surface area contributed by atoms with Crippen molar-refractivity contribution in [1.82, 2.24) is 4.90 Å². The summed E-state index contributed by atoms with van der Waals surface area (Å²) in [4.78, 5) is 14.6. The summed E-state index contributed by atoms with van der Waals surface area (Å²) >= 11 is 5.93. The average Bonchev–Trinajstić information content (AvgIpc) is 2.64. The number of ether oxygens (including phenoxy) is 1. The third-order valence-corrected chi connectivity index (χ3v) is 4.49. The monoisotopic (exact) mass is 295 g/mol. The summed E-state index contributed by atoms with van der Waals surface area (Å²) in [7, 11) is 3.59. The molecule has 4 heteroatoms. The molecule has 1 saturated heterocycles. The number of methoxy groups -OCH3 is 1. The lowest BCUT2D eigenvalue weighted by Crippen LogP contribution is -2.35. The SMILES string of the molecule is COC(=O)C1(Cc2ccc(Cl)cc2)CCCN(C)CC1. The lowest BCUT2D eigenvalue weighted by atomic mass is 9.75. The van der Waals surface area contributed by atoms with E-state index in [9.17, 15) is 4.79 Å². The van der Waals surface area contributed by atoms with Gasteiger partial charge >= 0.3 is 5.97 Å². The van der Waals surface area contributed by atoms with E-state index in [0.717, 1.165) is 49.4 Å². The van der Waals surface area contributed by atoms with Gasteiger partial charge in [0.05, 0.1) is 12.5 Å². The molecular formula is C16H22ClNO2. The smallest absolute Gasteiger partial charge is 0.312 e. The summed E-state index contributed by atoms with van der Waals surface area (Å²) in [6.45, 7) is 1.97. The highest BCUT2D eigenvalue weighted by Crippen LogP contribution is 2.36. The van der Waals surface area contributed by atoms with Gasteiger partial charge in [-0.1, -0.05) is 23.7 Å². The Labute approximate surface area is 125 Å². The van der Waals surface area contributed by atoms with Crippen molar-refractivity contribution >= 4 is 17.6 Å². The molecule has 0 spiro atoms. The van der Waals surface area contributed by atoms with E-state index in [2.05, 4.69) is 11.9 Å². The first-order valence-corrected chi connectivity index (χ1v) is 7.45. The van der Waals surface area contributed by atoms with Crippen LogP contribution < -0.4 is 0 Å². The molecule has 1 aromatic carbocycles. The normalized spacial score (nSPS) is 24.1. The summed E-state index contributed by atoms with van der Waals surface area (Å²) < 4.78 is 5.10. The van der Waals surface area contributed by atoms with Gasteiger partial charge in [-0.3, -0.25) is 4.79 Å². The van der Waals surface area contributed by atoms with Gasteiger partial charge in [-0.2, -0.15) is 0 Å². The largest absolute Gasteiger partial charge is 0.469 e. The molecule has 1 heterocycles. The van der Waals surface area contributed by atoms with Gasteiger partial charge in [-0.05, 0) is 63.5 Å². The molecule has 20 heavy (non-hydrogen) atoms. The van der Waals surface area contributed by atoms with Gasteiger partial charge in [0.25, 0.3) is 0 Å². The Morgan fingerprint density at radius 3 is 2.65 bits per heavy atom. The van der Waals surface area contributed by atoms with E-state index in [4.69, 9.17) is 16.3 Å². The molecule has 1 aliphatic heterocycles. The Kier molecular flexibility index (Phi) is 5.06. The average molecular weight is 296 g/mol. The Hall–Kier alpha value is -1.06. The van der Waals surface area contributed by atoms with Crippen molar-refractivity contribution in [3.8, 4) is 0 Å². The topological polar surface area (TPSA) is 29.5 Å². The molecule has 0 aliphatic carbocycles. The van der Waals surface area contributed by atoms with Crippen molar-refractivity contribution < 1.29 is 9.53 Å². The minimum absolute atomic E-state index is 0.0808. The number of nitrogens with zero attached hydrogens (tertiary/aromatic N) is 1. The fraction of sp³-hybridized carbons (Fsp3) is 0.562. The highest BCUT2D eigenvalue weighted by molar-refractivity contribution is 6.30. The number of halogens is 1. The summed E-state index contributed by atoms with van der Waals surface area (Å²) in [6, 6.07) is 7.76. The van der Waals surface area contributed by atoms with E-state index in [1.165, 1.54) is 7.11 Å². The molecule has 0 radical (unpaired) electrons. The number of carbonyl (C=O) groups excluding carboxylic acids is 1.